The molecule has 4 aromatic carbocycles. The van der Waals surface area contributed by atoms with Crippen molar-refractivity contribution in [1.82, 2.24) is 0 Å². The van der Waals surface area contributed by atoms with Gasteiger partial charge in [-0.3, -0.25) is 0 Å². The molecule has 0 bridgehead atoms. The molecular weight excluding hydrogens is 295 g/mol. The first-order valence-corrected chi connectivity index (χ1v) is 8.06. The smallest absolute Gasteiger partial charge is 0.123 e. The summed E-state index contributed by atoms with van der Waals surface area (Å²) in [7, 11) is 0. The van der Waals surface area contributed by atoms with Crippen LogP contribution in [0.1, 0.15) is 5.56 Å². The molecule has 0 aliphatic heterocycles. The van der Waals surface area contributed by atoms with Crippen LogP contribution in [0.15, 0.2) is 84.9 Å². The molecule has 0 nitrogen and oxygen atoms in total. The molecule has 0 saturated carbocycles. The van der Waals surface area contributed by atoms with Gasteiger partial charge in [0, 0.05) is 0 Å². The quantitative estimate of drug-likeness (QED) is 0.390. The van der Waals surface area contributed by atoms with Crippen LogP contribution < -0.4 is 0 Å². The van der Waals surface area contributed by atoms with E-state index >= 15 is 0 Å². The van der Waals surface area contributed by atoms with E-state index in [2.05, 4.69) is 55.5 Å². The molecule has 1 heteroatoms. The fourth-order valence-electron chi connectivity index (χ4n) is 3.07. The van der Waals surface area contributed by atoms with E-state index in [4.69, 9.17) is 0 Å². The molecule has 4 rings (SSSR count). The highest BCUT2D eigenvalue weighted by molar-refractivity contribution is 5.88. The van der Waals surface area contributed by atoms with Crippen LogP contribution in [-0.2, 0) is 0 Å². The van der Waals surface area contributed by atoms with Gasteiger partial charge in [-0.15, -0.1) is 0 Å². The average Bonchev–Trinajstić information content (AvgIpc) is 2.61. The third-order valence-corrected chi connectivity index (χ3v) is 4.37. The third-order valence-electron chi connectivity index (χ3n) is 4.37. The van der Waals surface area contributed by atoms with Gasteiger partial charge in [0.1, 0.15) is 5.82 Å². The minimum atomic E-state index is -0.207. The summed E-state index contributed by atoms with van der Waals surface area (Å²) in [6, 6.07) is 28.0. The van der Waals surface area contributed by atoms with Gasteiger partial charge < -0.3 is 0 Å². The van der Waals surface area contributed by atoms with Gasteiger partial charge in [-0.05, 0) is 58.1 Å². The van der Waals surface area contributed by atoms with E-state index in [1.807, 2.05) is 18.2 Å². The molecule has 0 spiro atoms. The maximum Gasteiger partial charge on any atom is 0.123 e. The molecule has 24 heavy (non-hydrogen) atoms. The van der Waals surface area contributed by atoms with E-state index in [1.165, 1.54) is 28.0 Å². The zero-order valence-corrected chi connectivity index (χ0v) is 13.5. The Morgan fingerprint density at radius 3 is 1.83 bits per heavy atom. The van der Waals surface area contributed by atoms with Crippen molar-refractivity contribution in [2.24, 2.45) is 0 Å². The predicted octanol–water partition coefficient (Wildman–Crippen LogP) is 6.62. The topological polar surface area (TPSA) is 0 Å². The Morgan fingerprint density at radius 2 is 1.12 bits per heavy atom. The molecule has 0 N–H and O–H groups in total. The molecule has 0 aromatic heterocycles. The van der Waals surface area contributed by atoms with Gasteiger partial charge in [0.15, 0.2) is 0 Å². The number of fused-ring (bicyclic) bond motifs is 1. The van der Waals surface area contributed by atoms with Crippen molar-refractivity contribution in [2.75, 3.05) is 0 Å². The Morgan fingerprint density at radius 1 is 0.542 bits per heavy atom. The van der Waals surface area contributed by atoms with Gasteiger partial charge >= 0.3 is 0 Å². The molecule has 0 amide bonds. The lowest BCUT2D eigenvalue weighted by Crippen LogP contribution is -1.83. The van der Waals surface area contributed by atoms with Gasteiger partial charge in [0.2, 0.25) is 0 Å². The van der Waals surface area contributed by atoms with Crippen molar-refractivity contribution in [2.45, 2.75) is 6.92 Å². The van der Waals surface area contributed by atoms with Crippen LogP contribution in [0.5, 0.6) is 0 Å². The van der Waals surface area contributed by atoms with E-state index < -0.39 is 0 Å². The summed E-state index contributed by atoms with van der Waals surface area (Å²) in [5.74, 6) is -0.207. The van der Waals surface area contributed by atoms with Crippen molar-refractivity contribution < 1.29 is 4.39 Å². The Balaban J connectivity index is 1.71. The van der Waals surface area contributed by atoms with Crippen molar-refractivity contribution in [3.05, 3.63) is 96.3 Å². The van der Waals surface area contributed by atoms with Gasteiger partial charge in [-0.25, -0.2) is 4.39 Å². The lowest BCUT2D eigenvalue weighted by Gasteiger charge is -2.07. The number of rotatable bonds is 2. The maximum absolute atomic E-state index is 13.4. The first-order chi connectivity index (χ1) is 11.7. The maximum atomic E-state index is 13.4. The van der Waals surface area contributed by atoms with E-state index in [9.17, 15) is 4.39 Å². The van der Waals surface area contributed by atoms with E-state index in [-0.39, 0.29) is 5.82 Å². The molecule has 0 saturated heterocycles. The summed E-state index contributed by atoms with van der Waals surface area (Å²) in [6.07, 6.45) is 0. The van der Waals surface area contributed by atoms with Crippen LogP contribution in [0.2, 0.25) is 0 Å². The molecule has 0 radical (unpaired) electrons. The summed E-state index contributed by atoms with van der Waals surface area (Å²) >= 11 is 0. The molecule has 116 valence electrons. The van der Waals surface area contributed by atoms with Crippen LogP contribution in [0.25, 0.3) is 33.0 Å². The highest BCUT2D eigenvalue weighted by Gasteiger charge is 2.03. The zero-order valence-electron chi connectivity index (χ0n) is 13.5. The van der Waals surface area contributed by atoms with Crippen LogP contribution >= 0.6 is 0 Å². The first-order valence-electron chi connectivity index (χ1n) is 8.06. The number of benzene rings is 4. The van der Waals surface area contributed by atoms with E-state index in [1.54, 1.807) is 12.1 Å². The fraction of sp³-hybridized carbons (Fsp3) is 0.0435. The highest BCUT2D eigenvalue weighted by atomic mass is 19.1. The lowest BCUT2D eigenvalue weighted by molar-refractivity contribution is 0.628. The fourth-order valence-corrected chi connectivity index (χ4v) is 3.07. The zero-order chi connectivity index (χ0) is 16.5. The third kappa shape index (κ3) is 2.81. The van der Waals surface area contributed by atoms with Crippen LogP contribution in [-0.4, -0.2) is 0 Å². The molecule has 0 aliphatic carbocycles. The van der Waals surface area contributed by atoms with Crippen molar-refractivity contribution >= 4 is 10.8 Å². The van der Waals surface area contributed by atoms with Crippen LogP contribution in [0.4, 0.5) is 4.39 Å². The molecule has 0 atom stereocenters. The first kappa shape index (κ1) is 14.6. The Bertz CT molecular complexity index is 1010. The summed E-state index contributed by atoms with van der Waals surface area (Å²) in [6.45, 7) is 2.11. The van der Waals surface area contributed by atoms with Crippen molar-refractivity contribution in [1.29, 1.82) is 0 Å². The Kier molecular flexibility index (Phi) is 3.62. The van der Waals surface area contributed by atoms with E-state index in [0.29, 0.717) is 0 Å². The second-order valence-corrected chi connectivity index (χ2v) is 6.15. The molecule has 0 aliphatic rings. The monoisotopic (exact) mass is 312 g/mol. The summed E-state index contributed by atoms with van der Waals surface area (Å²) in [4.78, 5) is 0. The van der Waals surface area contributed by atoms with Crippen molar-refractivity contribution in [3.63, 3.8) is 0 Å². The minimum absolute atomic E-state index is 0.207. The normalized spacial score (nSPS) is 10.9. The summed E-state index contributed by atoms with van der Waals surface area (Å²) in [5.41, 5.74) is 5.55. The molecule has 4 aromatic rings. The standard InChI is InChI=1S/C23H17F/c1-16-5-6-22-14-21(12-11-20(22)13-16)18-9-7-17(8-10-18)19-3-2-4-23(24)15-19/h2-15H,1H3. The summed E-state index contributed by atoms with van der Waals surface area (Å²) < 4.78 is 13.4. The van der Waals surface area contributed by atoms with Gasteiger partial charge in [-0.2, -0.15) is 0 Å². The molecule has 0 unspecified atom stereocenters. The number of aryl methyl sites for hydroxylation is 1. The number of halogens is 1. The Hall–Kier alpha value is -2.93. The van der Waals surface area contributed by atoms with Crippen LogP contribution in [0, 0.1) is 12.7 Å². The lowest BCUT2D eigenvalue weighted by atomic mass is 9.98. The predicted molar refractivity (Wildman–Crippen MR) is 99.5 cm³/mol. The van der Waals surface area contributed by atoms with Gasteiger partial charge in [0.05, 0.1) is 0 Å². The Labute approximate surface area is 141 Å². The number of hydrogen-bond donors (Lipinski definition) is 0. The SMILES string of the molecule is Cc1ccc2cc(-c3ccc(-c4cccc(F)c4)cc3)ccc2c1. The minimum Gasteiger partial charge on any atom is -0.207 e. The summed E-state index contributed by atoms with van der Waals surface area (Å²) in [5, 5.41) is 2.50. The van der Waals surface area contributed by atoms with Crippen molar-refractivity contribution in [3.8, 4) is 22.3 Å². The second-order valence-electron chi connectivity index (χ2n) is 6.15. The van der Waals surface area contributed by atoms with E-state index in [0.717, 1.165) is 16.7 Å². The molecular formula is C23H17F. The van der Waals surface area contributed by atoms with Crippen LogP contribution in [0.3, 0.4) is 0 Å². The van der Waals surface area contributed by atoms with Gasteiger partial charge in [0.25, 0.3) is 0 Å². The molecule has 0 fully saturated rings. The highest BCUT2D eigenvalue weighted by Crippen LogP contribution is 2.28. The molecule has 0 heterocycles. The number of hydrogen-bond acceptors (Lipinski definition) is 0. The average molecular weight is 312 g/mol. The second kappa shape index (κ2) is 5.93. The largest absolute Gasteiger partial charge is 0.207 e. The van der Waals surface area contributed by atoms with Gasteiger partial charge in [-0.1, -0.05) is 72.3 Å².